The molecule has 2 heterocycles. The maximum Gasteiger partial charge on any atom is 1.00 e. The van der Waals surface area contributed by atoms with Crippen LogP contribution in [0.15, 0.2) is 107 Å². The van der Waals surface area contributed by atoms with Gasteiger partial charge in [0.15, 0.2) is 0 Å². The third kappa shape index (κ3) is 5.02. The smallest absolute Gasteiger partial charge is 0.744 e. The molecular formula is C36H16N2Na2O10S2. The van der Waals surface area contributed by atoms with Crippen LogP contribution in [-0.4, -0.2) is 49.6 Å². The van der Waals surface area contributed by atoms with E-state index >= 15 is 0 Å². The largest absolute Gasteiger partial charge is 1.00 e. The van der Waals surface area contributed by atoms with E-state index in [-0.39, 0.29) is 92.7 Å². The summed E-state index contributed by atoms with van der Waals surface area (Å²) in [5.41, 5.74) is 0.539. The summed E-state index contributed by atoms with van der Waals surface area (Å²) in [4.78, 5) is 56.2. The van der Waals surface area contributed by atoms with Crippen LogP contribution in [0.5, 0.6) is 0 Å². The number of nitrogens with zero attached hydrogens (tertiary/aromatic N) is 2. The number of carbonyl (C=O) groups excluding carboxylic acids is 4. The SMILES string of the molecule is O=C1c2ccc3c4ccc5c6c(ccc(c7ccc(c2c37)C(=O)N1c1cccc(S(=O)(=O)[O-])c1)c64)C(=O)N(c1cccc(S(=O)(=O)[O-])c1)C5=O.[Na+].[Na+]. The third-order valence-electron chi connectivity index (χ3n) is 9.36. The first-order chi connectivity index (χ1) is 23.8. The van der Waals surface area contributed by atoms with Gasteiger partial charge in [0.25, 0.3) is 23.6 Å². The molecule has 4 amide bonds. The van der Waals surface area contributed by atoms with Crippen molar-refractivity contribution < 1.29 is 104 Å². The number of fused-ring (bicyclic) bond motifs is 2. The topological polar surface area (TPSA) is 189 Å². The van der Waals surface area contributed by atoms with Crippen LogP contribution in [-0.2, 0) is 20.2 Å². The van der Waals surface area contributed by atoms with E-state index in [0.29, 0.717) is 43.1 Å². The van der Waals surface area contributed by atoms with E-state index in [1.807, 2.05) is 0 Å². The van der Waals surface area contributed by atoms with E-state index in [2.05, 4.69) is 0 Å². The van der Waals surface area contributed by atoms with Crippen LogP contribution in [0.25, 0.3) is 43.1 Å². The molecule has 52 heavy (non-hydrogen) atoms. The van der Waals surface area contributed by atoms with Crippen LogP contribution in [0.3, 0.4) is 0 Å². The van der Waals surface area contributed by atoms with Gasteiger partial charge in [-0.15, -0.1) is 0 Å². The van der Waals surface area contributed by atoms with Crippen LogP contribution < -0.4 is 68.9 Å². The van der Waals surface area contributed by atoms with Gasteiger partial charge in [-0.3, -0.25) is 19.2 Å². The van der Waals surface area contributed by atoms with Crippen molar-refractivity contribution in [3.8, 4) is 0 Å². The van der Waals surface area contributed by atoms with E-state index in [4.69, 9.17) is 0 Å². The number of carbonyl (C=O) groups is 4. The predicted molar refractivity (Wildman–Crippen MR) is 179 cm³/mol. The molecule has 7 aromatic rings. The summed E-state index contributed by atoms with van der Waals surface area (Å²) in [6, 6.07) is 22.4. The van der Waals surface area contributed by atoms with Crippen molar-refractivity contribution in [3.63, 3.8) is 0 Å². The maximum absolute atomic E-state index is 13.9. The van der Waals surface area contributed by atoms with Crippen molar-refractivity contribution in [1.82, 2.24) is 0 Å². The molecule has 0 radical (unpaired) electrons. The summed E-state index contributed by atoms with van der Waals surface area (Å²) in [6.07, 6.45) is 0. The van der Waals surface area contributed by atoms with Crippen molar-refractivity contribution in [2.45, 2.75) is 9.79 Å². The van der Waals surface area contributed by atoms with Gasteiger partial charge >= 0.3 is 59.1 Å². The van der Waals surface area contributed by atoms with Crippen LogP contribution in [0, 0.1) is 0 Å². The number of imide groups is 2. The summed E-state index contributed by atoms with van der Waals surface area (Å²) in [6.45, 7) is 0. The molecule has 0 fully saturated rings. The van der Waals surface area contributed by atoms with Crippen molar-refractivity contribution in [2.75, 3.05) is 9.80 Å². The number of anilines is 2. The van der Waals surface area contributed by atoms with Gasteiger partial charge in [-0.1, -0.05) is 36.4 Å². The molecule has 0 aromatic heterocycles. The summed E-state index contributed by atoms with van der Waals surface area (Å²) in [7, 11) is -9.73. The second kappa shape index (κ2) is 12.2. The van der Waals surface area contributed by atoms with Gasteiger partial charge in [0.1, 0.15) is 20.2 Å². The summed E-state index contributed by atoms with van der Waals surface area (Å²) in [5, 5.41) is 4.51. The Kier molecular flexibility index (Phi) is 8.55. The Morgan fingerprint density at radius 2 is 0.692 bits per heavy atom. The van der Waals surface area contributed by atoms with Crippen molar-refractivity contribution in [3.05, 3.63) is 119 Å². The molecule has 0 saturated heterocycles. The molecule has 7 aromatic carbocycles. The molecule has 0 saturated carbocycles. The maximum atomic E-state index is 13.9. The Morgan fingerprint density at radius 1 is 0.404 bits per heavy atom. The fourth-order valence-corrected chi connectivity index (χ4v) is 8.31. The molecule has 0 atom stereocenters. The number of amides is 4. The van der Waals surface area contributed by atoms with Crippen LogP contribution in [0.2, 0.25) is 0 Å². The van der Waals surface area contributed by atoms with Gasteiger partial charge in [0, 0.05) is 33.0 Å². The summed E-state index contributed by atoms with van der Waals surface area (Å²) in [5.74, 6) is -2.86. The van der Waals surface area contributed by atoms with Crippen molar-refractivity contribution in [2.24, 2.45) is 0 Å². The molecular weight excluding hydrogens is 731 g/mol. The molecule has 2 aliphatic rings. The molecule has 12 nitrogen and oxygen atoms in total. The molecule has 9 rings (SSSR count). The Balaban J connectivity index is 0.00000210. The summed E-state index contributed by atoms with van der Waals surface area (Å²) < 4.78 is 70.1. The Labute approximate surface area is 338 Å². The van der Waals surface area contributed by atoms with E-state index in [1.54, 1.807) is 48.5 Å². The molecule has 0 aliphatic carbocycles. The van der Waals surface area contributed by atoms with Crippen LogP contribution >= 0.6 is 0 Å². The minimum absolute atomic E-state index is 0. The van der Waals surface area contributed by atoms with E-state index in [0.717, 1.165) is 34.1 Å². The summed E-state index contributed by atoms with van der Waals surface area (Å²) >= 11 is 0. The second-order valence-corrected chi connectivity index (χ2v) is 14.7. The monoisotopic (exact) mass is 746 g/mol. The third-order valence-corrected chi connectivity index (χ3v) is 11.0. The Hall–Kier alpha value is -4.06. The average Bonchev–Trinajstić information content (AvgIpc) is 3.08. The molecule has 0 spiro atoms. The molecule has 244 valence electrons. The zero-order valence-electron chi connectivity index (χ0n) is 27.0. The van der Waals surface area contributed by atoms with E-state index < -0.39 is 53.7 Å². The van der Waals surface area contributed by atoms with Crippen LogP contribution in [0.4, 0.5) is 11.4 Å². The fraction of sp³-hybridized carbons (Fsp3) is 0. The number of hydrogen-bond acceptors (Lipinski definition) is 10. The minimum Gasteiger partial charge on any atom is -0.744 e. The number of benzene rings is 7. The minimum atomic E-state index is -4.87. The van der Waals surface area contributed by atoms with Gasteiger partial charge in [-0.05, 0) is 93.0 Å². The first-order valence-electron chi connectivity index (χ1n) is 14.9. The quantitative estimate of drug-likeness (QED) is 0.0722. The van der Waals surface area contributed by atoms with E-state index in [9.17, 15) is 45.1 Å². The second-order valence-electron chi connectivity index (χ2n) is 11.9. The number of rotatable bonds is 4. The molecule has 16 heteroatoms. The predicted octanol–water partition coefficient (Wildman–Crippen LogP) is -0.845. The van der Waals surface area contributed by atoms with Gasteiger partial charge in [-0.2, -0.15) is 0 Å². The molecule has 0 N–H and O–H groups in total. The standard InChI is InChI=1S/C36H18N2O10S2.2Na/c39-33-25-11-7-21-23-9-13-27-32-28(36(42)38(35(27)41)18-4-2-6-20(16-18)50(46,47)48)14-10-24(30(23)32)22-8-12-26(31(25)29(21)22)34(40)37(33)17-3-1-5-19(15-17)49(43,44)45;;/h1-16H,(H,43,44,45)(H,46,47,48);;/q;2*+1/p-2. The van der Waals surface area contributed by atoms with E-state index in [1.165, 1.54) is 24.3 Å². The zero-order valence-corrected chi connectivity index (χ0v) is 32.7. The molecule has 0 unspecified atom stereocenters. The number of hydrogen-bond donors (Lipinski definition) is 0. The van der Waals surface area contributed by atoms with Crippen LogP contribution in [0.1, 0.15) is 41.4 Å². The Morgan fingerprint density at radius 3 is 0.962 bits per heavy atom. The Bertz CT molecular complexity index is 2710. The van der Waals surface area contributed by atoms with Crippen molar-refractivity contribution in [1.29, 1.82) is 0 Å². The normalized spacial score (nSPS) is 14.4. The molecule has 2 aliphatic heterocycles. The fourth-order valence-electron chi connectivity index (χ4n) is 7.29. The molecule has 0 bridgehead atoms. The van der Waals surface area contributed by atoms with Gasteiger partial charge < -0.3 is 9.11 Å². The zero-order chi connectivity index (χ0) is 35.0. The van der Waals surface area contributed by atoms with Gasteiger partial charge in [0.2, 0.25) is 0 Å². The van der Waals surface area contributed by atoms with Gasteiger partial charge in [-0.25, -0.2) is 26.6 Å². The average molecular weight is 747 g/mol. The first-order valence-corrected chi connectivity index (χ1v) is 17.7. The van der Waals surface area contributed by atoms with Gasteiger partial charge in [0.05, 0.1) is 21.2 Å². The van der Waals surface area contributed by atoms with Crippen molar-refractivity contribution >= 4 is 98.3 Å². The first kappa shape index (κ1) is 36.3.